The Morgan fingerprint density at radius 1 is 0.364 bits per heavy atom. The molecule has 0 amide bonds. The highest BCUT2D eigenvalue weighted by molar-refractivity contribution is 7.27. The van der Waals surface area contributed by atoms with E-state index in [0.29, 0.717) is 0 Å². The van der Waals surface area contributed by atoms with E-state index in [4.69, 9.17) is 0 Å². The van der Waals surface area contributed by atoms with Crippen molar-refractivity contribution < 1.29 is 0 Å². The molecule has 300 valence electrons. The molecule has 0 bridgehead atoms. The van der Waals surface area contributed by atoms with Crippen molar-refractivity contribution in [2.24, 2.45) is 0 Å². The molecule has 3 aromatic heterocycles. The second-order valence-corrected chi connectivity index (χ2v) is 19.7. The van der Waals surface area contributed by atoms with E-state index >= 15 is 0 Å². The van der Waals surface area contributed by atoms with Gasteiger partial charge in [0.15, 0.2) is 0 Å². The zero-order valence-corrected chi connectivity index (χ0v) is 36.3. The summed E-state index contributed by atoms with van der Waals surface area (Å²) in [7, 11) is 0. The molecule has 13 aromatic rings. The fourth-order valence-electron chi connectivity index (χ4n) is 13.2. The van der Waals surface area contributed by atoms with Gasteiger partial charge >= 0.3 is 0 Å². The predicted octanol–water partition coefficient (Wildman–Crippen LogP) is 11.3. The minimum atomic E-state index is -0.0104. The van der Waals surface area contributed by atoms with Crippen LogP contribution in [0.25, 0.3) is 97.4 Å². The van der Waals surface area contributed by atoms with Crippen molar-refractivity contribution in [1.82, 2.24) is 9.13 Å². The summed E-state index contributed by atoms with van der Waals surface area (Å²) in [6.45, 7) is 0.00476. The third kappa shape index (κ3) is 4.02. The summed E-state index contributed by atoms with van der Waals surface area (Å²) in [6.07, 6.45) is 0. The Balaban J connectivity index is 1.14. The lowest BCUT2D eigenvalue weighted by molar-refractivity contribution is 1.14. The number of aromatic nitrogens is 2. The first-order valence-corrected chi connectivity index (χ1v) is 23.9. The number of para-hydroxylation sites is 3. The average molecular weight is 850 g/mol. The van der Waals surface area contributed by atoms with E-state index in [9.17, 15) is 0 Å². The van der Waals surface area contributed by atoms with Gasteiger partial charge in [-0.15, -0.1) is 11.3 Å². The molecule has 17 rings (SSSR count). The van der Waals surface area contributed by atoms with Crippen LogP contribution in [-0.4, -0.2) is 22.6 Å². The summed E-state index contributed by atoms with van der Waals surface area (Å²) in [5.41, 5.74) is 24.9. The molecular formula is C60H33B2N3S. The van der Waals surface area contributed by atoms with Crippen LogP contribution in [0.5, 0.6) is 0 Å². The van der Waals surface area contributed by atoms with Crippen molar-refractivity contribution in [1.29, 1.82) is 0 Å². The zero-order valence-electron chi connectivity index (χ0n) is 35.5. The monoisotopic (exact) mass is 849 g/mol. The first kappa shape index (κ1) is 34.4. The van der Waals surface area contributed by atoms with Crippen molar-refractivity contribution in [3.63, 3.8) is 0 Å². The molecule has 0 saturated heterocycles. The van der Waals surface area contributed by atoms with Crippen LogP contribution in [0.2, 0.25) is 0 Å². The first-order valence-electron chi connectivity index (χ1n) is 23.1. The van der Waals surface area contributed by atoms with Gasteiger partial charge in [-0.2, -0.15) is 0 Å². The Kier molecular flexibility index (Phi) is 6.24. The Morgan fingerprint density at radius 3 is 1.67 bits per heavy atom. The lowest BCUT2D eigenvalue weighted by Gasteiger charge is -2.44. The van der Waals surface area contributed by atoms with Crippen LogP contribution in [0, 0.1) is 0 Å². The fourth-order valence-corrected chi connectivity index (χ4v) is 14.4. The van der Waals surface area contributed by atoms with Gasteiger partial charge in [-0.3, -0.25) is 0 Å². The SMILES string of the molecule is c1ccc(-c2cc3c4c(c2)c2cc(-c5ccccc5)cc5c2n4-c2c4c(cc6c2B5c2cc5c7ccccc7sc5c5c7ccccc7n-6c25)N(c2ccccc2)c2ccccc2B43)cc1. The summed E-state index contributed by atoms with van der Waals surface area (Å²) < 4.78 is 8.12. The molecule has 0 saturated carbocycles. The molecule has 0 fully saturated rings. The van der Waals surface area contributed by atoms with Crippen LogP contribution in [0.4, 0.5) is 17.1 Å². The molecule has 0 N–H and O–H groups in total. The molecule has 0 atom stereocenters. The molecular weight excluding hydrogens is 816 g/mol. The molecule has 6 heteroatoms. The highest BCUT2D eigenvalue weighted by atomic mass is 32.1. The van der Waals surface area contributed by atoms with Crippen molar-refractivity contribution in [3.05, 3.63) is 200 Å². The van der Waals surface area contributed by atoms with E-state index < -0.39 is 0 Å². The van der Waals surface area contributed by atoms with Crippen LogP contribution in [-0.2, 0) is 0 Å². The number of hydrogen-bond donors (Lipinski definition) is 0. The Hall–Kier alpha value is -8.05. The molecule has 0 radical (unpaired) electrons. The van der Waals surface area contributed by atoms with E-state index in [1.165, 1.54) is 147 Å². The number of rotatable bonds is 3. The van der Waals surface area contributed by atoms with Gasteiger partial charge in [-0.05, 0) is 104 Å². The third-order valence-corrected chi connectivity index (χ3v) is 16.8. The molecule has 4 aliphatic heterocycles. The van der Waals surface area contributed by atoms with Gasteiger partial charge in [0.1, 0.15) is 0 Å². The normalized spacial score (nSPS) is 13.7. The molecule has 0 aliphatic carbocycles. The van der Waals surface area contributed by atoms with Crippen molar-refractivity contribution in [2.75, 3.05) is 4.90 Å². The molecule has 0 spiro atoms. The molecule has 0 unspecified atom stereocenters. The van der Waals surface area contributed by atoms with Crippen molar-refractivity contribution in [2.45, 2.75) is 0 Å². The zero-order chi connectivity index (χ0) is 42.5. The Morgan fingerprint density at radius 2 is 0.939 bits per heavy atom. The smallest absolute Gasteiger partial charge is 0.252 e. The minimum Gasteiger partial charge on any atom is -0.311 e. The van der Waals surface area contributed by atoms with Crippen LogP contribution in [0.15, 0.2) is 200 Å². The van der Waals surface area contributed by atoms with Crippen molar-refractivity contribution in [3.8, 4) is 33.6 Å². The Labute approximate surface area is 384 Å². The van der Waals surface area contributed by atoms with Gasteiger partial charge < -0.3 is 14.0 Å². The van der Waals surface area contributed by atoms with E-state index in [1.54, 1.807) is 0 Å². The summed E-state index contributed by atoms with van der Waals surface area (Å²) in [5, 5.41) is 8.02. The average Bonchev–Trinajstić information content (AvgIpc) is 4.05. The molecule has 4 aliphatic rings. The van der Waals surface area contributed by atoms with Gasteiger partial charge in [-0.25, -0.2) is 0 Å². The number of benzene rings is 10. The standard InChI is InChI=1S/C60H33B2N3S/c1-4-16-34(17-5-1)36-28-41-42-29-37(35-18-6-2-7-19-35)31-46-57(42)65-56(41)45(30-36)61-44-24-12-14-26-49(44)63(38-20-8-3-9-21-38)50-33-51-55(59(65)54(50)61)62(46)47-32-43-39-22-11-15-27-52(39)66-60(43)53-40-23-10-13-25-48(40)64(51)58(47)53/h1-33H. The third-order valence-electron chi connectivity index (χ3n) is 15.6. The second kappa shape index (κ2) is 12.0. The van der Waals surface area contributed by atoms with Crippen LogP contribution < -0.4 is 37.7 Å². The maximum atomic E-state index is 2.74. The molecule has 66 heavy (non-hydrogen) atoms. The quantitative estimate of drug-likeness (QED) is 0.161. The van der Waals surface area contributed by atoms with E-state index in [0.717, 1.165) is 0 Å². The summed E-state index contributed by atoms with van der Waals surface area (Å²) in [6, 6.07) is 76.0. The Bertz CT molecular complexity index is 4360. The maximum Gasteiger partial charge on any atom is 0.252 e. The van der Waals surface area contributed by atoms with Crippen LogP contribution >= 0.6 is 11.3 Å². The molecule has 3 nitrogen and oxygen atoms in total. The summed E-state index contributed by atoms with van der Waals surface area (Å²) in [4.78, 5) is 2.57. The van der Waals surface area contributed by atoms with Gasteiger partial charge in [0, 0.05) is 81.2 Å². The molecule has 7 heterocycles. The molecule has 10 aromatic carbocycles. The first-order chi connectivity index (χ1) is 32.8. The van der Waals surface area contributed by atoms with Gasteiger partial charge in [0.05, 0.1) is 11.0 Å². The van der Waals surface area contributed by atoms with Gasteiger partial charge in [0.2, 0.25) is 0 Å². The minimum absolute atomic E-state index is 0.0104. The summed E-state index contributed by atoms with van der Waals surface area (Å²) >= 11 is 1.95. The van der Waals surface area contributed by atoms with Crippen LogP contribution in [0.3, 0.4) is 0 Å². The maximum absolute atomic E-state index is 2.74. The highest BCUT2D eigenvalue weighted by Crippen LogP contribution is 2.49. The lowest BCUT2D eigenvalue weighted by atomic mass is 9.29. The highest BCUT2D eigenvalue weighted by Gasteiger charge is 2.50. The fraction of sp³-hybridized carbons (Fsp3) is 0. The number of nitrogens with zero attached hydrogens (tertiary/aromatic N) is 3. The number of fused-ring (bicyclic) bond motifs is 14. The van der Waals surface area contributed by atoms with Gasteiger partial charge in [0.25, 0.3) is 13.4 Å². The van der Waals surface area contributed by atoms with E-state index in [2.05, 4.69) is 214 Å². The number of hydrogen-bond acceptors (Lipinski definition) is 2. The van der Waals surface area contributed by atoms with E-state index in [-0.39, 0.29) is 13.4 Å². The van der Waals surface area contributed by atoms with Crippen molar-refractivity contribution >= 4 is 138 Å². The topological polar surface area (TPSA) is 13.1 Å². The largest absolute Gasteiger partial charge is 0.311 e. The second-order valence-electron chi connectivity index (χ2n) is 18.7. The van der Waals surface area contributed by atoms with E-state index in [1.807, 2.05) is 11.3 Å². The number of thiophene rings is 1. The number of anilines is 3. The summed E-state index contributed by atoms with van der Waals surface area (Å²) in [5.74, 6) is 0. The lowest BCUT2D eigenvalue weighted by Crippen LogP contribution is -2.67. The predicted molar refractivity (Wildman–Crippen MR) is 283 cm³/mol. The van der Waals surface area contributed by atoms with Gasteiger partial charge in [-0.1, -0.05) is 152 Å². The van der Waals surface area contributed by atoms with Crippen LogP contribution in [0.1, 0.15) is 0 Å².